The quantitative estimate of drug-likeness (QED) is 0.183. The molecule has 5 heteroatoms. The van der Waals surface area contributed by atoms with Gasteiger partial charge in [-0.25, -0.2) is 0 Å². The van der Waals surface area contributed by atoms with Gasteiger partial charge in [-0.1, -0.05) is 82.8 Å². The molecular formula is C42H47N3O2. The van der Waals surface area contributed by atoms with Gasteiger partial charge in [-0.3, -0.25) is 4.79 Å². The molecule has 0 radical (unpaired) electrons. The molecule has 0 saturated heterocycles. The zero-order valence-corrected chi connectivity index (χ0v) is 28.4. The van der Waals surface area contributed by atoms with Crippen LogP contribution in [0.5, 0.6) is 0 Å². The van der Waals surface area contributed by atoms with Gasteiger partial charge in [-0.15, -0.1) is 0 Å². The summed E-state index contributed by atoms with van der Waals surface area (Å²) in [5, 5.41) is 29.2. The highest BCUT2D eigenvalue weighted by atomic mass is 16.3. The van der Waals surface area contributed by atoms with E-state index in [2.05, 4.69) is 106 Å². The fraction of sp³-hybridized carbons (Fsp3) is 0.405. The maximum Gasteiger partial charge on any atom is 0.201 e. The molecule has 2 fully saturated rings. The second-order valence-electron chi connectivity index (χ2n) is 16.0. The molecule has 4 atom stereocenters. The Kier molecular flexibility index (Phi) is 6.81. The van der Waals surface area contributed by atoms with Gasteiger partial charge in [0.15, 0.2) is 0 Å². The Labute approximate surface area is 277 Å². The van der Waals surface area contributed by atoms with Crippen molar-refractivity contribution in [1.82, 2.24) is 0 Å². The van der Waals surface area contributed by atoms with Crippen molar-refractivity contribution in [3.63, 3.8) is 0 Å². The van der Waals surface area contributed by atoms with Gasteiger partial charge >= 0.3 is 0 Å². The fourth-order valence-electron chi connectivity index (χ4n) is 10.3. The lowest BCUT2D eigenvalue weighted by Gasteiger charge is -2.48. The first-order chi connectivity index (χ1) is 22.4. The van der Waals surface area contributed by atoms with Gasteiger partial charge in [0.2, 0.25) is 5.78 Å². The van der Waals surface area contributed by atoms with E-state index in [9.17, 15) is 9.90 Å². The summed E-state index contributed by atoms with van der Waals surface area (Å²) in [5.41, 5.74) is 4.26. The Morgan fingerprint density at radius 3 is 2.06 bits per heavy atom. The number of carbonyl (C=O) groups excluding carboxylic acids is 1. The Balaban J connectivity index is 1.25. The van der Waals surface area contributed by atoms with Crippen LogP contribution in [0.4, 0.5) is 17.1 Å². The predicted molar refractivity (Wildman–Crippen MR) is 197 cm³/mol. The number of aliphatic hydroxyl groups is 1. The average Bonchev–Trinajstić information content (AvgIpc) is 2.98. The molecule has 3 aliphatic carbocycles. The number of benzene rings is 4. The minimum atomic E-state index is -0.295. The third kappa shape index (κ3) is 4.84. The minimum Gasteiger partial charge on any atom is -0.506 e. The van der Waals surface area contributed by atoms with E-state index >= 15 is 0 Å². The van der Waals surface area contributed by atoms with Crippen LogP contribution < -0.4 is 26.4 Å². The van der Waals surface area contributed by atoms with Crippen LogP contribution >= 0.6 is 0 Å². The lowest BCUT2D eigenvalue weighted by Crippen LogP contribution is -2.53. The number of fused-ring (bicyclic) bond motifs is 1. The van der Waals surface area contributed by atoms with Crippen LogP contribution in [-0.4, -0.2) is 22.1 Å². The fourth-order valence-corrected chi connectivity index (χ4v) is 10.3. The van der Waals surface area contributed by atoms with Crippen LogP contribution in [0.25, 0.3) is 39.3 Å². The molecule has 1 aliphatic heterocycles. The molecule has 242 valence electrons. The number of hydrogen-bond acceptors (Lipinski definition) is 5. The lowest BCUT2D eigenvalue weighted by atomic mass is 9.72. The molecule has 2 saturated carbocycles. The van der Waals surface area contributed by atoms with Gasteiger partial charge < -0.3 is 21.1 Å². The zero-order chi connectivity index (χ0) is 32.8. The largest absolute Gasteiger partial charge is 0.506 e. The Morgan fingerprint density at radius 1 is 0.766 bits per heavy atom. The lowest BCUT2D eigenvalue weighted by molar-refractivity contribution is -0.109. The van der Waals surface area contributed by atoms with Gasteiger partial charge in [0.1, 0.15) is 11.4 Å². The number of allylic oxidation sites excluding steroid dienone is 2. The Bertz CT molecular complexity index is 2110. The minimum absolute atomic E-state index is 0.0219. The molecule has 0 amide bonds. The van der Waals surface area contributed by atoms with E-state index in [0.717, 1.165) is 75.1 Å². The average molecular weight is 626 g/mol. The van der Waals surface area contributed by atoms with Crippen LogP contribution in [0.1, 0.15) is 78.7 Å². The van der Waals surface area contributed by atoms with Gasteiger partial charge in [0.25, 0.3) is 0 Å². The molecule has 0 bridgehead atoms. The normalized spacial score (nSPS) is 31.5. The number of rotatable bonds is 3. The summed E-state index contributed by atoms with van der Waals surface area (Å²) < 4.78 is 0. The summed E-state index contributed by atoms with van der Waals surface area (Å²) in [5.74, 6) is 2.38. The number of hydrogen-bond donors (Lipinski definition) is 4. The molecule has 4 aliphatic rings. The molecule has 1 spiro atoms. The standard InChI is InChI=1S/C42H47N3O2/c1-23-17-24(2)20-41(6,19-23)43-32-11-7-9-28-13-15-30(27(5)34(28)32)36-39(46)37(40(36)47)31-16-14-29-10-8-12-33-35(29)38(31)45-42(44-33)21-25(3)18-26(4)22-42/h7-16,23-26,43-46H,5,17-22H2,1-4,6H3/b36-30-. The van der Waals surface area contributed by atoms with E-state index in [1.54, 1.807) is 0 Å². The molecule has 8 rings (SSSR count). The number of ketones is 1. The highest BCUT2D eigenvalue weighted by molar-refractivity contribution is 6.52. The summed E-state index contributed by atoms with van der Waals surface area (Å²) in [6.07, 6.45) is 6.68. The van der Waals surface area contributed by atoms with Gasteiger partial charge in [-0.05, 0) is 102 Å². The predicted octanol–water partition coefficient (Wildman–Crippen LogP) is 8.72. The zero-order valence-electron chi connectivity index (χ0n) is 28.4. The third-order valence-electron chi connectivity index (χ3n) is 11.4. The highest BCUT2D eigenvalue weighted by Gasteiger charge is 2.44. The molecule has 0 aromatic heterocycles. The summed E-state index contributed by atoms with van der Waals surface area (Å²) in [7, 11) is 0. The number of anilines is 3. The maximum absolute atomic E-state index is 14.2. The topological polar surface area (TPSA) is 73.4 Å². The van der Waals surface area contributed by atoms with Crippen molar-refractivity contribution in [2.24, 2.45) is 23.7 Å². The van der Waals surface area contributed by atoms with E-state index in [1.165, 1.54) is 12.8 Å². The third-order valence-corrected chi connectivity index (χ3v) is 11.4. The first-order valence-electron chi connectivity index (χ1n) is 17.6. The summed E-state index contributed by atoms with van der Waals surface area (Å²) in [6.45, 7) is 16.2. The number of Topliss-reactive ketones (excluding diaryl/α,β-unsaturated/α-hetero) is 1. The molecule has 47 heavy (non-hydrogen) atoms. The van der Waals surface area contributed by atoms with Crippen molar-refractivity contribution in [2.45, 2.75) is 84.3 Å². The van der Waals surface area contributed by atoms with Crippen LogP contribution in [0.2, 0.25) is 0 Å². The van der Waals surface area contributed by atoms with Crippen LogP contribution in [0.15, 0.2) is 66.4 Å². The van der Waals surface area contributed by atoms with E-state index in [1.807, 2.05) is 12.1 Å². The Morgan fingerprint density at radius 2 is 1.38 bits per heavy atom. The first kappa shape index (κ1) is 30.1. The second kappa shape index (κ2) is 10.6. The van der Waals surface area contributed by atoms with Crippen molar-refractivity contribution in [2.75, 3.05) is 16.0 Å². The molecule has 1 heterocycles. The second-order valence-corrected chi connectivity index (χ2v) is 16.0. The molecule has 4 aromatic rings. The maximum atomic E-state index is 14.2. The molecular weight excluding hydrogens is 578 g/mol. The monoisotopic (exact) mass is 625 g/mol. The highest BCUT2D eigenvalue weighted by Crippen LogP contribution is 2.50. The number of aliphatic hydroxyl groups excluding tert-OH is 1. The molecule has 4 aromatic carbocycles. The van der Waals surface area contributed by atoms with Crippen molar-refractivity contribution in [1.29, 1.82) is 0 Å². The van der Waals surface area contributed by atoms with Crippen LogP contribution in [0, 0.1) is 23.7 Å². The summed E-state index contributed by atoms with van der Waals surface area (Å²) in [6, 6.07) is 20.7. The van der Waals surface area contributed by atoms with Crippen molar-refractivity contribution >= 4 is 62.1 Å². The Hall–Kier alpha value is -4.25. The van der Waals surface area contributed by atoms with Crippen molar-refractivity contribution in [3.05, 3.63) is 82.4 Å². The van der Waals surface area contributed by atoms with Crippen molar-refractivity contribution in [3.8, 4) is 0 Å². The number of nitrogens with one attached hydrogen (secondary N) is 3. The van der Waals surface area contributed by atoms with Gasteiger partial charge in [0.05, 0.1) is 16.8 Å². The summed E-state index contributed by atoms with van der Waals surface area (Å²) in [4.78, 5) is 14.2. The van der Waals surface area contributed by atoms with Gasteiger partial charge in [0, 0.05) is 33.2 Å². The van der Waals surface area contributed by atoms with Crippen molar-refractivity contribution < 1.29 is 9.90 Å². The van der Waals surface area contributed by atoms with E-state index in [4.69, 9.17) is 0 Å². The van der Waals surface area contributed by atoms with Gasteiger partial charge in [-0.2, -0.15) is 0 Å². The van der Waals surface area contributed by atoms with Crippen LogP contribution in [0.3, 0.4) is 0 Å². The molecule has 5 nitrogen and oxygen atoms in total. The first-order valence-corrected chi connectivity index (χ1v) is 17.6. The van der Waals surface area contributed by atoms with E-state index in [0.29, 0.717) is 40.0 Å². The SMILES string of the molecule is C=c1/c(=C2\C(=O)C(c3ccc4cccc5c4c3NC3(CC(C)CC(C)C3)N5)=C2O)ccc2cccc(NC3(C)CC(C)CC(C)C3)c12. The summed E-state index contributed by atoms with van der Waals surface area (Å²) >= 11 is 0. The van der Waals surface area contributed by atoms with Crippen LogP contribution in [-0.2, 0) is 4.79 Å². The molecule has 4 N–H and O–H groups in total. The molecule has 4 unspecified atom stereocenters. The number of carbonyl (C=O) groups is 1. The van der Waals surface area contributed by atoms with E-state index < -0.39 is 0 Å². The van der Waals surface area contributed by atoms with E-state index in [-0.39, 0.29) is 22.7 Å². The smallest absolute Gasteiger partial charge is 0.201 e.